The van der Waals surface area contributed by atoms with Gasteiger partial charge >= 0.3 is 0 Å². The molecule has 0 amide bonds. The van der Waals surface area contributed by atoms with E-state index < -0.39 is 0 Å². The maximum Gasteiger partial charge on any atom is 0.150 e. The molecule has 2 rings (SSSR count). The Morgan fingerprint density at radius 3 is 2.33 bits per heavy atom. The van der Waals surface area contributed by atoms with Crippen molar-refractivity contribution >= 4 is 5.69 Å². The predicted molar refractivity (Wildman–Crippen MR) is 70.2 cm³/mol. The summed E-state index contributed by atoms with van der Waals surface area (Å²) in [6.45, 7) is 2.51. The van der Waals surface area contributed by atoms with Crippen molar-refractivity contribution in [3.63, 3.8) is 0 Å². The van der Waals surface area contributed by atoms with Gasteiger partial charge in [0.15, 0.2) is 5.75 Å². The normalized spacial score (nSPS) is 10.1. The Balaban J connectivity index is 2.16. The maximum atomic E-state index is 9.18. The maximum absolute atomic E-state index is 9.18. The first-order chi connectivity index (χ1) is 8.69. The molecule has 0 fully saturated rings. The highest BCUT2D eigenvalue weighted by Crippen LogP contribution is 2.31. The third kappa shape index (κ3) is 2.85. The molecule has 0 aliphatic rings. The topological polar surface area (TPSA) is 64.7 Å². The fourth-order valence-electron chi connectivity index (χ4n) is 1.52. The smallest absolute Gasteiger partial charge is 0.150 e. The molecule has 4 nitrogen and oxygen atoms in total. The predicted octanol–water partition coefficient (Wildman–Crippen LogP) is 3.17. The highest BCUT2D eigenvalue weighted by Gasteiger charge is 2.04. The third-order valence-corrected chi connectivity index (χ3v) is 2.36. The molecule has 94 valence electrons. The van der Waals surface area contributed by atoms with Gasteiger partial charge in [-0.1, -0.05) is 0 Å². The van der Waals surface area contributed by atoms with Crippen LogP contribution in [-0.4, -0.2) is 11.7 Å². The number of hydrogen-bond donors (Lipinski definition) is 2. The van der Waals surface area contributed by atoms with Crippen LogP contribution in [0.4, 0.5) is 5.69 Å². The van der Waals surface area contributed by atoms with E-state index in [4.69, 9.17) is 15.2 Å². The fraction of sp³-hybridized carbons (Fsp3) is 0.143. The van der Waals surface area contributed by atoms with Gasteiger partial charge in [0.25, 0.3) is 0 Å². The molecule has 0 spiro atoms. The summed E-state index contributed by atoms with van der Waals surface area (Å²) in [5.74, 6) is 2.09. The summed E-state index contributed by atoms with van der Waals surface area (Å²) in [6, 6.07) is 11.7. The molecular weight excluding hydrogens is 230 g/mol. The second-order valence-corrected chi connectivity index (χ2v) is 3.73. The molecule has 0 aromatic heterocycles. The lowest BCUT2D eigenvalue weighted by atomic mass is 10.2. The van der Waals surface area contributed by atoms with Gasteiger partial charge in [0.05, 0.1) is 12.3 Å². The molecule has 0 heterocycles. The van der Waals surface area contributed by atoms with E-state index in [2.05, 4.69) is 0 Å². The van der Waals surface area contributed by atoms with Crippen molar-refractivity contribution in [3.8, 4) is 23.0 Å². The van der Waals surface area contributed by atoms with E-state index in [0.717, 1.165) is 0 Å². The molecule has 0 saturated carbocycles. The molecule has 0 unspecified atom stereocenters. The monoisotopic (exact) mass is 245 g/mol. The number of rotatable bonds is 4. The quantitative estimate of drug-likeness (QED) is 0.812. The summed E-state index contributed by atoms with van der Waals surface area (Å²) >= 11 is 0. The van der Waals surface area contributed by atoms with Gasteiger partial charge in [-0.2, -0.15) is 0 Å². The Hall–Kier alpha value is -2.36. The van der Waals surface area contributed by atoms with Crippen LogP contribution >= 0.6 is 0 Å². The Morgan fingerprint density at radius 1 is 1.06 bits per heavy atom. The minimum Gasteiger partial charge on any atom is -0.508 e. The van der Waals surface area contributed by atoms with Gasteiger partial charge in [0.2, 0.25) is 0 Å². The van der Waals surface area contributed by atoms with E-state index in [9.17, 15) is 5.11 Å². The van der Waals surface area contributed by atoms with Gasteiger partial charge < -0.3 is 20.3 Å². The van der Waals surface area contributed by atoms with E-state index >= 15 is 0 Å². The molecule has 3 N–H and O–H groups in total. The average Bonchev–Trinajstić information content (AvgIpc) is 2.36. The molecule has 0 bridgehead atoms. The van der Waals surface area contributed by atoms with Crippen LogP contribution in [0.1, 0.15) is 6.92 Å². The molecular formula is C14H15NO3. The summed E-state index contributed by atoms with van der Waals surface area (Å²) in [5, 5.41) is 9.18. The summed E-state index contributed by atoms with van der Waals surface area (Å²) < 4.78 is 10.9. The molecule has 18 heavy (non-hydrogen) atoms. The first kappa shape index (κ1) is 12.1. The number of benzene rings is 2. The number of phenols is 1. The zero-order chi connectivity index (χ0) is 13.0. The van der Waals surface area contributed by atoms with Crippen LogP contribution in [0.25, 0.3) is 0 Å². The molecule has 4 heteroatoms. The summed E-state index contributed by atoms with van der Waals surface area (Å²) in [5.41, 5.74) is 6.38. The van der Waals surface area contributed by atoms with Crippen LogP contribution in [0.15, 0.2) is 42.5 Å². The van der Waals surface area contributed by atoms with Crippen molar-refractivity contribution < 1.29 is 14.6 Å². The zero-order valence-electron chi connectivity index (χ0n) is 10.1. The van der Waals surface area contributed by atoms with Crippen molar-refractivity contribution in [2.24, 2.45) is 0 Å². The second kappa shape index (κ2) is 5.31. The lowest BCUT2D eigenvalue weighted by Crippen LogP contribution is -1.95. The van der Waals surface area contributed by atoms with Gasteiger partial charge in [-0.25, -0.2) is 0 Å². The molecule has 2 aromatic carbocycles. The minimum absolute atomic E-state index is 0.196. The number of hydrogen-bond acceptors (Lipinski definition) is 4. The lowest BCUT2D eigenvalue weighted by molar-refractivity contribution is 0.340. The van der Waals surface area contributed by atoms with Crippen molar-refractivity contribution in [2.45, 2.75) is 6.92 Å². The van der Waals surface area contributed by atoms with E-state index in [1.807, 2.05) is 6.92 Å². The molecule has 2 aromatic rings. The van der Waals surface area contributed by atoms with Gasteiger partial charge in [-0.05, 0) is 43.3 Å². The van der Waals surface area contributed by atoms with Crippen LogP contribution in [0.2, 0.25) is 0 Å². The van der Waals surface area contributed by atoms with Crippen LogP contribution in [-0.2, 0) is 0 Å². The van der Waals surface area contributed by atoms with Crippen molar-refractivity contribution in [1.82, 2.24) is 0 Å². The van der Waals surface area contributed by atoms with Gasteiger partial charge in [-0.3, -0.25) is 0 Å². The average molecular weight is 245 g/mol. The van der Waals surface area contributed by atoms with E-state index in [-0.39, 0.29) is 5.75 Å². The summed E-state index contributed by atoms with van der Waals surface area (Å²) in [7, 11) is 0. The SMILES string of the molecule is CCOc1ccc(Oc2ccc(O)cc2)c(N)c1. The number of aromatic hydroxyl groups is 1. The fourth-order valence-corrected chi connectivity index (χ4v) is 1.52. The number of phenolic OH excluding ortho intramolecular Hbond substituents is 1. The second-order valence-electron chi connectivity index (χ2n) is 3.73. The first-order valence-electron chi connectivity index (χ1n) is 5.68. The van der Waals surface area contributed by atoms with Gasteiger partial charge in [0, 0.05) is 6.07 Å². The molecule has 0 atom stereocenters. The van der Waals surface area contributed by atoms with Crippen LogP contribution in [0.5, 0.6) is 23.0 Å². The third-order valence-electron chi connectivity index (χ3n) is 2.36. The van der Waals surface area contributed by atoms with Crippen LogP contribution in [0, 0.1) is 0 Å². The Labute approximate surface area is 106 Å². The molecule has 0 saturated heterocycles. The van der Waals surface area contributed by atoms with E-state index in [1.54, 1.807) is 42.5 Å². The zero-order valence-corrected chi connectivity index (χ0v) is 10.1. The minimum atomic E-state index is 0.196. The number of anilines is 1. The largest absolute Gasteiger partial charge is 0.508 e. The lowest BCUT2D eigenvalue weighted by Gasteiger charge is -2.10. The van der Waals surface area contributed by atoms with E-state index in [0.29, 0.717) is 29.5 Å². The van der Waals surface area contributed by atoms with Gasteiger partial charge in [0.1, 0.15) is 17.2 Å². The van der Waals surface area contributed by atoms with Crippen LogP contribution < -0.4 is 15.2 Å². The highest BCUT2D eigenvalue weighted by atomic mass is 16.5. The Bertz CT molecular complexity index is 523. The molecule has 0 radical (unpaired) electrons. The van der Waals surface area contributed by atoms with Crippen molar-refractivity contribution in [2.75, 3.05) is 12.3 Å². The number of nitrogen functional groups attached to an aromatic ring is 1. The van der Waals surface area contributed by atoms with Gasteiger partial charge in [-0.15, -0.1) is 0 Å². The molecule has 0 aliphatic carbocycles. The first-order valence-corrected chi connectivity index (χ1v) is 5.68. The Kier molecular flexibility index (Phi) is 3.57. The highest BCUT2D eigenvalue weighted by molar-refractivity contribution is 5.57. The summed E-state index contributed by atoms with van der Waals surface area (Å²) in [6.07, 6.45) is 0. The van der Waals surface area contributed by atoms with Crippen LogP contribution in [0.3, 0.4) is 0 Å². The van der Waals surface area contributed by atoms with E-state index in [1.165, 1.54) is 0 Å². The number of nitrogens with two attached hydrogens (primary N) is 1. The molecule has 0 aliphatic heterocycles. The summed E-state index contributed by atoms with van der Waals surface area (Å²) in [4.78, 5) is 0. The number of ether oxygens (including phenoxy) is 2. The standard InChI is InChI=1S/C14H15NO3/c1-2-17-12-7-8-14(13(15)9-12)18-11-5-3-10(16)4-6-11/h3-9,16H,2,15H2,1H3. The van der Waals surface area contributed by atoms with Crippen molar-refractivity contribution in [3.05, 3.63) is 42.5 Å². The Morgan fingerprint density at radius 2 is 1.72 bits per heavy atom. The van der Waals surface area contributed by atoms with Crippen molar-refractivity contribution in [1.29, 1.82) is 0 Å².